The van der Waals surface area contributed by atoms with E-state index in [1.54, 1.807) is 30.3 Å². The van der Waals surface area contributed by atoms with Crippen molar-refractivity contribution in [3.63, 3.8) is 0 Å². The summed E-state index contributed by atoms with van der Waals surface area (Å²) in [4.78, 5) is 36.2. The Hall–Kier alpha value is -3.74. The summed E-state index contributed by atoms with van der Waals surface area (Å²) in [5, 5.41) is 6.87. The predicted molar refractivity (Wildman–Crippen MR) is 100 cm³/mol. The van der Waals surface area contributed by atoms with E-state index in [2.05, 4.69) is 10.4 Å². The van der Waals surface area contributed by atoms with E-state index >= 15 is 0 Å². The van der Waals surface area contributed by atoms with Crippen LogP contribution in [0.3, 0.4) is 0 Å². The molecule has 7 nitrogen and oxygen atoms in total. The molecule has 0 aliphatic heterocycles. The van der Waals surface area contributed by atoms with Crippen LogP contribution in [0.1, 0.15) is 10.4 Å². The minimum Gasteiger partial charge on any atom is -0.465 e. The zero-order chi connectivity index (χ0) is 19.2. The van der Waals surface area contributed by atoms with Crippen LogP contribution in [-0.4, -0.2) is 28.8 Å². The fourth-order valence-corrected chi connectivity index (χ4v) is 2.53. The Labute approximate surface area is 155 Å². The van der Waals surface area contributed by atoms with Gasteiger partial charge in [-0.05, 0) is 18.2 Å². The number of anilines is 1. The lowest BCUT2D eigenvalue weighted by Crippen LogP contribution is -2.29. The third kappa shape index (κ3) is 4.27. The Kier molecular flexibility index (Phi) is 5.41. The molecule has 0 atom stereocenters. The lowest BCUT2D eigenvalue weighted by atomic mass is 10.1. The van der Waals surface area contributed by atoms with Crippen LogP contribution in [-0.2, 0) is 16.1 Å². The number of amides is 1. The van der Waals surface area contributed by atoms with Gasteiger partial charge >= 0.3 is 5.97 Å². The average molecular weight is 363 g/mol. The second-order valence-corrected chi connectivity index (χ2v) is 5.67. The van der Waals surface area contributed by atoms with Crippen molar-refractivity contribution in [1.29, 1.82) is 0 Å². The van der Waals surface area contributed by atoms with Gasteiger partial charge in [-0.1, -0.05) is 42.5 Å². The standard InChI is InChI=1S/C20H17N3O4/c1-27-20(26)15-9-5-6-10-17(15)21-18(24)13-23-19(25)12-11-16(22-23)14-7-3-2-4-8-14/h2-12H,13H2,1H3,(H,21,24). The van der Waals surface area contributed by atoms with Crippen LogP contribution in [0.4, 0.5) is 5.69 Å². The molecule has 0 spiro atoms. The highest BCUT2D eigenvalue weighted by atomic mass is 16.5. The van der Waals surface area contributed by atoms with Gasteiger partial charge in [0.15, 0.2) is 0 Å². The summed E-state index contributed by atoms with van der Waals surface area (Å²) in [7, 11) is 1.26. The number of para-hydroxylation sites is 1. The van der Waals surface area contributed by atoms with Gasteiger partial charge in [0.1, 0.15) is 6.54 Å². The molecule has 2 aromatic carbocycles. The van der Waals surface area contributed by atoms with Crippen LogP contribution < -0.4 is 10.9 Å². The lowest BCUT2D eigenvalue weighted by molar-refractivity contribution is -0.117. The maximum atomic E-state index is 12.4. The number of methoxy groups -OCH3 is 1. The second-order valence-electron chi connectivity index (χ2n) is 5.67. The van der Waals surface area contributed by atoms with E-state index in [0.717, 1.165) is 10.2 Å². The van der Waals surface area contributed by atoms with Crippen molar-refractivity contribution in [2.75, 3.05) is 12.4 Å². The Morgan fingerprint density at radius 3 is 2.44 bits per heavy atom. The second kappa shape index (κ2) is 8.09. The van der Waals surface area contributed by atoms with E-state index in [1.807, 2.05) is 30.3 Å². The monoisotopic (exact) mass is 363 g/mol. The minimum absolute atomic E-state index is 0.228. The molecule has 0 bridgehead atoms. The number of carbonyl (C=O) groups is 2. The van der Waals surface area contributed by atoms with E-state index in [4.69, 9.17) is 4.74 Å². The molecular formula is C20H17N3O4. The molecule has 0 saturated carbocycles. The first-order valence-corrected chi connectivity index (χ1v) is 8.19. The van der Waals surface area contributed by atoms with Crippen LogP contribution in [0.5, 0.6) is 0 Å². The van der Waals surface area contributed by atoms with Gasteiger partial charge in [-0.3, -0.25) is 9.59 Å². The molecule has 0 fully saturated rings. The number of hydrogen-bond donors (Lipinski definition) is 1. The quantitative estimate of drug-likeness (QED) is 0.703. The van der Waals surface area contributed by atoms with Gasteiger partial charge in [0.05, 0.1) is 24.1 Å². The average Bonchev–Trinajstić information content (AvgIpc) is 2.70. The van der Waals surface area contributed by atoms with Crippen LogP contribution >= 0.6 is 0 Å². The molecule has 136 valence electrons. The molecule has 0 aliphatic rings. The molecule has 27 heavy (non-hydrogen) atoms. The van der Waals surface area contributed by atoms with Crippen molar-refractivity contribution in [1.82, 2.24) is 9.78 Å². The number of carbonyl (C=O) groups excluding carboxylic acids is 2. The first kappa shape index (κ1) is 18.1. The third-order valence-corrected chi connectivity index (χ3v) is 3.84. The third-order valence-electron chi connectivity index (χ3n) is 3.84. The molecular weight excluding hydrogens is 346 g/mol. The molecule has 0 unspecified atom stereocenters. The number of nitrogens with zero attached hydrogens (tertiary/aromatic N) is 2. The molecule has 7 heteroatoms. The Balaban J connectivity index is 1.81. The largest absolute Gasteiger partial charge is 0.465 e. The first-order valence-electron chi connectivity index (χ1n) is 8.19. The maximum Gasteiger partial charge on any atom is 0.339 e. The number of esters is 1. The normalized spacial score (nSPS) is 10.3. The molecule has 3 aromatic rings. The van der Waals surface area contributed by atoms with Crippen molar-refractivity contribution in [3.8, 4) is 11.3 Å². The van der Waals surface area contributed by atoms with E-state index < -0.39 is 17.4 Å². The molecule has 0 saturated heterocycles. The SMILES string of the molecule is COC(=O)c1ccccc1NC(=O)Cn1nc(-c2ccccc2)ccc1=O. The number of nitrogens with one attached hydrogen (secondary N) is 1. The number of rotatable bonds is 5. The summed E-state index contributed by atoms with van der Waals surface area (Å²) in [5.74, 6) is -1.04. The molecule has 3 rings (SSSR count). The number of aromatic nitrogens is 2. The molecule has 0 radical (unpaired) electrons. The van der Waals surface area contributed by atoms with Gasteiger partial charge in [0, 0.05) is 11.6 Å². The fourth-order valence-electron chi connectivity index (χ4n) is 2.53. The highest BCUT2D eigenvalue weighted by Crippen LogP contribution is 2.16. The van der Waals surface area contributed by atoms with Crippen molar-refractivity contribution in [3.05, 3.63) is 82.6 Å². The van der Waals surface area contributed by atoms with Crippen LogP contribution in [0.2, 0.25) is 0 Å². The van der Waals surface area contributed by atoms with E-state index in [1.165, 1.54) is 13.2 Å². The summed E-state index contributed by atoms with van der Waals surface area (Å²) in [6.45, 7) is -0.283. The smallest absolute Gasteiger partial charge is 0.339 e. The topological polar surface area (TPSA) is 90.3 Å². The minimum atomic E-state index is -0.563. The van der Waals surface area contributed by atoms with E-state index in [9.17, 15) is 14.4 Å². The highest BCUT2D eigenvalue weighted by Gasteiger charge is 2.14. The van der Waals surface area contributed by atoms with E-state index in [0.29, 0.717) is 11.4 Å². The van der Waals surface area contributed by atoms with Crippen molar-refractivity contribution < 1.29 is 14.3 Å². The predicted octanol–water partition coefficient (Wildman–Crippen LogP) is 2.34. The maximum absolute atomic E-state index is 12.4. The zero-order valence-electron chi connectivity index (χ0n) is 14.6. The van der Waals surface area contributed by atoms with Crippen molar-refractivity contribution in [2.45, 2.75) is 6.54 Å². The molecule has 1 heterocycles. The summed E-state index contributed by atoms with van der Waals surface area (Å²) in [5.41, 5.74) is 1.56. The molecule has 1 N–H and O–H groups in total. The molecule has 1 aromatic heterocycles. The zero-order valence-corrected chi connectivity index (χ0v) is 14.6. The summed E-state index contributed by atoms with van der Waals surface area (Å²) in [6, 6.07) is 18.8. The molecule has 0 aliphatic carbocycles. The highest BCUT2D eigenvalue weighted by molar-refractivity contribution is 6.01. The summed E-state index contributed by atoms with van der Waals surface area (Å²) >= 11 is 0. The molecule has 1 amide bonds. The first-order chi connectivity index (χ1) is 13.1. The van der Waals surface area contributed by atoms with Gasteiger partial charge in [0.25, 0.3) is 5.56 Å². The lowest BCUT2D eigenvalue weighted by Gasteiger charge is -2.11. The Bertz CT molecular complexity index is 1030. The van der Waals surface area contributed by atoms with Gasteiger partial charge in [-0.15, -0.1) is 0 Å². The van der Waals surface area contributed by atoms with Gasteiger partial charge in [-0.2, -0.15) is 5.10 Å². The van der Waals surface area contributed by atoms with Crippen molar-refractivity contribution >= 4 is 17.6 Å². The number of ether oxygens (including phenoxy) is 1. The van der Waals surface area contributed by atoms with Gasteiger partial charge in [-0.25, -0.2) is 9.48 Å². The van der Waals surface area contributed by atoms with Crippen molar-refractivity contribution in [2.24, 2.45) is 0 Å². The number of benzene rings is 2. The summed E-state index contributed by atoms with van der Waals surface area (Å²) < 4.78 is 5.78. The Morgan fingerprint density at radius 1 is 1.00 bits per heavy atom. The van der Waals surface area contributed by atoms with E-state index in [-0.39, 0.29) is 12.1 Å². The van der Waals surface area contributed by atoms with Gasteiger partial charge < -0.3 is 10.1 Å². The van der Waals surface area contributed by atoms with Crippen LogP contribution in [0.15, 0.2) is 71.5 Å². The summed E-state index contributed by atoms with van der Waals surface area (Å²) in [6.07, 6.45) is 0. The van der Waals surface area contributed by atoms with Gasteiger partial charge in [0.2, 0.25) is 5.91 Å². The van der Waals surface area contributed by atoms with Crippen LogP contribution in [0.25, 0.3) is 11.3 Å². The fraction of sp³-hybridized carbons (Fsp3) is 0.100. The van der Waals surface area contributed by atoms with Crippen LogP contribution in [0, 0.1) is 0 Å². The number of hydrogen-bond acceptors (Lipinski definition) is 5. The Morgan fingerprint density at radius 2 is 1.70 bits per heavy atom.